The molecule has 3 rings (SSSR count). The topological polar surface area (TPSA) is 54.4 Å². The van der Waals surface area contributed by atoms with Gasteiger partial charge in [-0.2, -0.15) is 0 Å². The lowest BCUT2D eigenvalue weighted by Crippen LogP contribution is -2.45. The first-order valence-electron chi connectivity index (χ1n) is 6.59. The van der Waals surface area contributed by atoms with Gasteiger partial charge in [-0.1, -0.05) is 27.2 Å². The van der Waals surface area contributed by atoms with E-state index in [2.05, 4.69) is 20.8 Å². The van der Waals surface area contributed by atoms with E-state index >= 15 is 0 Å². The van der Waals surface area contributed by atoms with Gasteiger partial charge < -0.3 is 5.11 Å². The zero-order valence-electron chi connectivity index (χ0n) is 10.7. The summed E-state index contributed by atoms with van der Waals surface area (Å²) in [5.41, 5.74) is 0.394. The number of carboxylic acid groups (broad SMARTS) is 1. The van der Waals surface area contributed by atoms with Crippen LogP contribution in [0.5, 0.6) is 0 Å². The Morgan fingerprint density at radius 2 is 2.12 bits per heavy atom. The van der Waals surface area contributed by atoms with Crippen LogP contribution in [-0.2, 0) is 9.59 Å². The highest BCUT2D eigenvalue weighted by atomic mass is 16.4. The zero-order chi connectivity index (χ0) is 12.6. The number of carbonyl (C=O) groups excluding carboxylic acids is 1. The van der Waals surface area contributed by atoms with Gasteiger partial charge in [-0.05, 0) is 35.0 Å². The van der Waals surface area contributed by atoms with E-state index in [1.54, 1.807) is 0 Å². The van der Waals surface area contributed by atoms with E-state index in [9.17, 15) is 14.7 Å². The minimum atomic E-state index is -0.897. The summed E-state index contributed by atoms with van der Waals surface area (Å²) >= 11 is 0. The molecule has 3 heteroatoms. The summed E-state index contributed by atoms with van der Waals surface area (Å²) in [6, 6.07) is 0. The molecule has 5 unspecified atom stereocenters. The predicted octanol–water partition coefficient (Wildman–Crippen LogP) is 2.49. The molecule has 0 aliphatic heterocycles. The molecule has 5 atom stereocenters. The Labute approximate surface area is 102 Å². The maximum Gasteiger partial charge on any atom is 0.314 e. The third kappa shape index (κ3) is 0.892. The Hall–Kier alpha value is -0.860. The normalized spacial score (nSPS) is 54.9. The Morgan fingerprint density at radius 3 is 2.65 bits per heavy atom. The number of hydrogen-bond donors (Lipinski definition) is 1. The monoisotopic (exact) mass is 236 g/mol. The highest BCUT2D eigenvalue weighted by Gasteiger charge is 2.92. The smallest absolute Gasteiger partial charge is 0.314 e. The van der Waals surface area contributed by atoms with Gasteiger partial charge >= 0.3 is 5.97 Å². The highest BCUT2D eigenvalue weighted by Crippen LogP contribution is 2.94. The van der Waals surface area contributed by atoms with Gasteiger partial charge in [-0.25, -0.2) is 0 Å². The number of rotatable bonds is 3. The maximum absolute atomic E-state index is 11.9. The van der Waals surface area contributed by atoms with Crippen LogP contribution in [0.3, 0.4) is 0 Å². The maximum atomic E-state index is 11.9. The molecule has 1 N–H and O–H groups in total. The first kappa shape index (κ1) is 11.2. The second-order valence-corrected chi connectivity index (χ2v) is 6.81. The Bertz CT molecular complexity index is 429. The molecule has 3 aliphatic carbocycles. The second kappa shape index (κ2) is 2.76. The molecule has 3 nitrogen and oxygen atoms in total. The zero-order valence-corrected chi connectivity index (χ0v) is 10.7. The van der Waals surface area contributed by atoms with Gasteiger partial charge in [0.05, 0.1) is 0 Å². The van der Waals surface area contributed by atoms with E-state index in [0.717, 1.165) is 19.3 Å². The molecule has 94 valence electrons. The third-order valence-corrected chi connectivity index (χ3v) is 6.19. The number of aliphatic carboxylic acids is 1. The summed E-state index contributed by atoms with van der Waals surface area (Å²) in [4.78, 5) is 23.1. The van der Waals surface area contributed by atoms with Crippen LogP contribution in [0.4, 0.5) is 0 Å². The summed E-state index contributed by atoms with van der Waals surface area (Å²) in [5.74, 6) is -1.51. The van der Waals surface area contributed by atoms with Crippen LogP contribution < -0.4 is 0 Å². The van der Waals surface area contributed by atoms with Gasteiger partial charge in [0, 0.05) is 6.42 Å². The Balaban J connectivity index is 1.96. The van der Waals surface area contributed by atoms with E-state index in [1.165, 1.54) is 0 Å². The summed E-state index contributed by atoms with van der Waals surface area (Å²) in [6.45, 7) is 6.62. The van der Waals surface area contributed by atoms with E-state index in [0.29, 0.717) is 6.42 Å². The van der Waals surface area contributed by atoms with Crippen molar-refractivity contribution in [3.63, 3.8) is 0 Å². The average Bonchev–Trinajstić information content (AvgIpc) is 2.55. The molecule has 0 heterocycles. The molecule has 0 aromatic rings. The van der Waals surface area contributed by atoms with E-state index in [-0.39, 0.29) is 27.9 Å². The van der Waals surface area contributed by atoms with Gasteiger partial charge in [-0.3, -0.25) is 9.59 Å². The first-order chi connectivity index (χ1) is 7.84. The molecular weight excluding hydrogens is 216 g/mol. The summed E-state index contributed by atoms with van der Waals surface area (Å²) < 4.78 is 0. The van der Waals surface area contributed by atoms with Gasteiger partial charge in [0.25, 0.3) is 0 Å². The quantitative estimate of drug-likeness (QED) is 0.766. The van der Waals surface area contributed by atoms with Crippen molar-refractivity contribution in [3.05, 3.63) is 0 Å². The van der Waals surface area contributed by atoms with Crippen molar-refractivity contribution in [2.45, 2.75) is 46.5 Å². The molecule has 3 aliphatic rings. The number of carboxylic acids is 1. The second-order valence-electron chi connectivity index (χ2n) is 6.81. The molecule has 0 radical (unpaired) electrons. The van der Waals surface area contributed by atoms with Crippen molar-refractivity contribution >= 4 is 11.8 Å². The lowest BCUT2D eigenvalue weighted by molar-refractivity contribution is -0.147. The SMILES string of the molecule is CCCC1(C)CC2(C)C3C(C(=O)O)C(=O)CC312. The van der Waals surface area contributed by atoms with E-state index in [1.807, 2.05) is 0 Å². The highest BCUT2D eigenvalue weighted by molar-refractivity contribution is 6.03. The van der Waals surface area contributed by atoms with Crippen molar-refractivity contribution in [3.8, 4) is 0 Å². The molecule has 0 bridgehead atoms. The van der Waals surface area contributed by atoms with Crippen LogP contribution in [0.1, 0.15) is 46.5 Å². The summed E-state index contributed by atoms with van der Waals surface area (Å²) in [6.07, 6.45) is 3.86. The van der Waals surface area contributed by atoms with Crippen molar-refractivity contribution in [1.29, 1.82) is 0 Å². The van der Waals surface area contributed by atoms with Crippen LogP contribution in [0.2, 0.25) is 0 Å². The fourth-order valence-electron chi connectivity index (χ4n) is 5.88. The van der Waals surface area contributed by atoms with Crippen molar-refractivity contribution in [1.82, 2.24) is 0 Å². The fraction of sp³-hybridized carbons (Fsp3) is 0.857. The molecular formula is C14H20O3. The van der Waals surface area contributed by atoms with Crippen LogP contribution in [0.15, 0.2) is 0 Å². The molecule has 17 heavy (non-hydrogen) atoms. The fourth-order valence-corrected chi connectivity index (χ4v) is 5.88. The van der Waals surface area contributed by atoms with Crippen molar-refractivity contribution < 1.29 is 14.7 Å². The van der Waals surface area contributed by atoms with Crippen LogP contribution in [-0.4, -0.2) is 16.9 Å². The van der Waals surface area contributed by atoms with Gasteiger partial charge in [0.15, 0.2) is 0 Å². The largest absolute Gasteiger partial charge is 0.481 e. The number of ketones is 1. The lowest BCUT2D eigenvalue weighted by atomic mass is 9.52. The number of carbonyl (C=O) groups is 2. The molecule has 0 amide bonds. The first-order valence-corrected chi connectivity index (χ1v) is 6.59. The lowest BCUT2D eigenvalue weighted by Gasteiger charge is -2.52. The number of hydrogen-bond acceptors (Lipinski definition) is 2. The van der Waals surface area contributed by atoms with Gasteiger partial charge in [0.1, 0.15) is 11.7 Å². The van der Waals surface area contributed by atoms with Crippen LogP contribution >= 0.6 is 0 Å². The van der Waals surface area contributed by atoms with Gasteiger partial charge in [-0.15, -0.1) is 0 Å². The Kier molecular flexibility index (Phi) is 1.82. The van der Waals surface area contributed by atoms with Crippen molar-refractivity contribution in [2.24, 2.45) is 28.1 Å². The van der Waals surface area contributed by atoms with Gasteiger partial charge in [0.2, 0.25) is 0 Å². The summed E-state index contributed by atoms with van der Waals surface area (Å²) in [5, 5.41) is 9.23. The molecule has 1 spiro atoms. The standard InChI is InChI=1S/C14H20O3/c1-4-5-12(2)7-13(3)10-9(11(16)17)8(15)6-14(10,12)13/h9-10H,4-7H2,1-3H3,(H,16,17). The summed E-state index contributed by atoms with van der Waals surface area (Å²) in [7, 11) is 0. The van der Waals surface area contributed by atoms with E-state index < -0.39 is 11.9 Å². The van der Waals surface area contributed by atoms with E-state index in [4.69, 9.17) is 0 Å². The number of fused-ring (bicyclic) bond motifs is 1. The molecule has 3 fully saturated rings. The minimum Gasteiger partial charge on any atom is -0.481 e. The van der Waals surface area contributed by atoms with Crippen LogP contribution in [0.25, 0.3) is 0 Å². The number of Topliss-reactive ketones (excluding diaryl/α,β-unsaturated/α-hetero) is 1. The van der Waals surface area contributed by atoms with Crippen molar-refractivity contribution in [2.75, 3.05) is 0 Å². The Morgan fingerprint density at radius 1 is 1.47 bits per heavy atom. The molecule has 0 aromatic carbocycles. The minimum absolute atomic E-state index is 0.0259. The molecule has 3 saturated carbocycles. The molecule has 0 saturated heterocycles. The predicted molar refractivity (Wildman–Crippen MR) is 62.4 cm³/mol. The average molecular weight is 236 g/mol. The third-order valence-electron chi connectivity index (χ3n) is 6.19. The van der Waals surface area contributed by atoms with Crippen LogP contribution in [0, 0.1) is 28.1 Å². The molecule has 0 aromatic heterocycles.